The van der Waals surface area contributed by atoms with Crippen molar-refractivity contribution in [2.75, 3.05) is 18.0 Å². The molecular weight excluding hydrogens is 188 g/mol. The van der Waals surface area contributed by atoms with Crippen molar-refractivity contribution in [2.45, 2.75) is 19.9 Å². The van der Waals surface area contributed by atoms with Gasteiger partial charge in [0.2, 0.25) is 0 Å². The third-order valence-electron chi connectivity index (χ3n) is 2.08. The van der Waals surface area contributed by atoms with Crippen molar-refractivity contribution in [3.05, 3.63) is 30.5 Å². The minimum atomic E-state index is 0.433. The van der Waals surface area contributed by atoms with Crippen molar-refractivity contribution in [1.82, 2.24) is 10.2 Å². The Bertz CT molecular complexity index is 294. The summed E-state index contributed by atoms with van der Waals surface area (Å²) in [6.07, 6.45) is 2.95. The largest absolute Gasteiger partial charge is 0.351 e. The number of nitrogens with two attached hydrogens (primary N) is 1. The molecule has 0 radical (unpaired) electrons. The molecule has 0 fully saturated rings. The fraction of sp³-hybridized carbons (Fsp3) is 0.455. The average molecular weight is 206 g/mol. The Kier molecular flexibility index (Phi) is 4.77. The molecule has 0 aliphatic rings. The lowest BCUT2D eigenvalue weighted by molar-refractivity contribution is 0.779. The third kappa shape index (κ3) is 3.32. The number of nitrogens with zero attached hydrogens (tertiary/aromatic N) is 3. The lowest BCUT2D eigenvalue weighted by Crippen LogP contribution is -2.25. The van der Waals surface area contributed by atoms with Crippen LogP contribution in [0.5, 0.6) is 0 Å². The van der Waals surface area contributed by atoms with Gasteiger partial charge in [0.05, 0.1) is 5.69 Å². The molecule has 0 saturated heterocycles. The number of anilines is 1. The van der Waals surface area contributed by atoms with E-state index in [0.717, 1.165) is 31.0 Å². The van der Waals surface area contributed by atoms with Crippen molar-refractivity contribution in [1.29, 1.82) is 0 Å². The van der Waals surface area contributed by atoms with Crippen LogP contribution < -0.4 is 10.6 Å². The Labute approximate surface area is 90.8 Å². The maximum absolute atomic E-state index is 5.46. The topological polar surface area (TPSA) is 55.0 Å². The highest BCUT2D eigenvalue weighted by molar-refractivity contribution is 5.37. The highest BCUT2D eigenvalue weighted by Crippen LogP contribution is 2.09. The van der Waals surface area contributed by atoms with Crippen molar-refractivity contribution in [3.8, 4) is 0 Å². The molecule has 0 amide bonds. The van der Waals surface area contributed by atoms with E-state index in [4.69, 9.17) is 5.73 Å². The van der Waals surface area contributed by atoms with Gasteiger partial charge in [0, 0.05) is 19.6 Å². The summed E-state index contributed by atoms with van der Waals surface area (Å²) in [5.74, 6) is 0.883. The molecule has 4 heteroatoms. The Morgan fingerprint density at radius 1 is 1.47 bits per heavy atom. The van der Waals surface area contributed by atoms with Gasteiger partial charge in [0.1, 0.15) is 0 Å². The Hall–Kier alpha value is -1.42. The fourth-order valence-corrected chi connectivity index (χ4v) is 1.36. The second kappa shape index (κ2) is 6.14. The molecule has 82 valence electrons. The summed E-state index contributed by atoms with van der Waals surface area (Å²) in [5.41, 5.74) is 6.27. The predicted octanol–water partition coefficient (Wildman–Crippen LogP) is 1.34. The molecular formula is C11H18N4. The second-order valence-corrected chi connectivity index (χ2v) is 3.32. The van der Waals surface area contributed by atoms with Crippen molar-refractivity contribution >= 4 is 5.82 Å². The van der Waals surface area contributed by atoms with Crippen molar-refractivity contribution < 1.29 is 0 Å². The molecule has 0 aromatic carbocycles. The van der Waals surface area contributed by atoms with E-state index in [2.05, 4.69) is 28.6 Å². The van der Waals surface area contributed by atoms with Gasteiger partial charge < -0.3 is 10.6 Å². The van der Waals surface area contributed by atoms with Gasteiger partial charge in [0.25, 0.3) is 0 Å². The minimum Gasteiger partial charge on any atom is -0.351 e. The molecule has 0 aliphatic heterocycles. The summed E-state index contributed by atoms with van der Waals surface area (Å²) in [6, 6.07) is 3.86. The van der Waals surface area contributed by atoms with E-state index in [0.29, 0.717) is 6.54 Å². The number of rotatable bonds is 6. The van der Waals surface area contributed by atoms with E-state index in [9.17, 15) is 0 Å². The molecule has 15 heavy (non-hydrogen) atoms. The molecule has 4 nitrogen and oxygen atoms in total. The van der Waals surface area contributed by atoms with Crippen LogP contribution in [0.1, 0.15) is 19.0 Å². The predicted molar refractivity (Wildman–Crippen MR) is 62.6 cm³/mol. The van der Waals surface area contributed by atoms with Crippen LogP contribution in [0.3, 0.4) is 0 Å². The van der Waals surface area contributed by atoms with E-state index in [-0.39, 0.29) is 0 Å². The molecule has 1 heterocycles. The van der Waals surface area contributed by atoms with Crippen LogP contribution >= 0.6 is 0 Å². The average Bonchev–Trinajstić information content (AvgIpc) is 2.29. The summed E-state index contributed by atoms with van der Waals surface area (Å²) in [5, 5.41) is 8.17. The summed E-state index contributed by atoms with van der Waals surface area (Å²) in [4.78, 5) is 2.14. The molecule has 1 aromatic heterocycles. The van der Waals surface area contributed by atoms with E-state index in [1.807, 2.05) is 18.2 Å². The second-order valence-electron chi connectivity index (χ2n) is 3.32. The summed E-state index contributed by atoms with van der Waals surface area (Å²) >= 11 is 0. The van der Waals surface area contributed by atoms with E-state index < -0.39 is 0 Å². The molecule has 0 saturated carbocycles. The molecule has 2 N–H and O–H groups in total. The quantitative estimate of drug-likeness (QED) is 0.714. The number of aromatic nitrogens is 2. The Morgan fingerprint density at radius 2 is 2.27 bits per heavy atom. The van der Waals surface area contributed by atoms with Gasteiger partial charge in [-0.1, -0.05) is 13.0 Å². The lowest BCUT2D eigenvalue weighted by Gasteiger charge is -2.20. The minimum absolute atomic E-state index is 0.433. The third-order valence-corrected chi connectivity index (χ3v) is 2.08. The number of hydrogen-bond acceptors (Lipinski definition) is 4. The first-order valence-electron chi connectivity index (χ1n) is 5.20. The molecule has 0 atom stereocenters. The Balaban J connectivity index is 2.76. The van der Waals surface area contributed by atoms with Gasteiger partial charge in [-0.3, -0.25) is 0 Å². The first-order valence-corrected chi connectivity index (χ1v) is 5.20. The fourth-order valence-electron chi connectivity index (χ4n) is 1.36. The van der Waals surface area contributed by atoms with E-state index in [1.54, 1.807) is 0 Å². The first-order chi connectivity index (χ1) is 7.31. The zero-order chi connectivity index (χ0) is 11.1. The van der Waals surface area contributed by atoms with Gasteiger partial charge in [-0.2, -0.15) is 5.10 Å². The maximum atomic E-state index is 5.46. The molecule has 0 unspecified atom stereocenters. The molecule has 0 aliphatic carbocycles. The first kappa shape index (κ1) is 11.7. The van der Waals surface area contributed by atoms with Gasteiger partial charge >= 0.3 is 0 Å². The SMILES string of the molecule is C=CCN(CCC)c1ccc(CN)nn1. The molecule has 1 rings (SSSR count). The van der Waals surface area contributed by atoms with Crippen molar-refractivity contribution in [3.63, 3.8) is 0 Å². The van der Waals surface area contributed by atoms with Gasteiger partial charge in [-0.15, -0.1) is 11.7 Å². The van der Waals surface area contributed by atoms with Crippen LogP contribution in [-0.2, 0) is 6.54 Å². The molecule has 0 bridgehead atoms. The van der Waals surface area contributed by atoms with Crippen LogP contribution in [0.25, 0.3) is 0 Å². The van der Waals surface area contributed by atoms with Crippen LogP contribution in [-0.4, -0.2) is 23.3 Å². The zero-order valence-corrected chi connectivity index (χ0v) is 9.19. The van der Waals surface area contributed by atoms with E-state index >= 15 is 0 Å². The van der Waals surface area contributed by atoms with Gasteiger partial charge in [-0.05, 0) is 18.6 Å². The van der Waals surface area contributed by atoms with Gasteiger partial charge in [0.15, 0.2) is 5.82 Å². The van der Waals surface area contributed by atoms with Crippen LogP contribution in [0.15, 0.2) is 24.8 Å². The standard InChI is InChI=1S/C11H18N4/c1-3-7-15(8-4-2)11-6-5-10(9-12)13-14-11/h3,5-6H,1,4,7-9,12H2,2H3. The zero-order valence-electron chi connectivity index (χ0n) is 9.19. The monoisotopic (exact) mass is 206 g/mol. The van der Waals surface area contributed by atoms with Crippen LogP contribution in [0.4, 0.5) is 5.82 Å². The number of hydrogen-bond donors (Lipinski definition) is 1. The van der Waals surface area contributed by atoms with E-state index in [1.165, 1.54) is 0 Å². The maximum Gasteiger partial charge on any atom is 0.151 e. The molecule has 1 aromatic rings. The highest BCUT2D eigenvalue weighted by atomic mass is 15.3. The van der Waals surface area contributed by atoms with Crippen LogP contribution in [0, 0.1) is 0 Å². The van der Waals surface area contributed by atoms with Crippen LogP contribution in [0.2, 0.25) is 0 Å². The summed E-state index contributed by atoms with van der Waals surface area (Å²) < 4.78 is 0. The summed E-state index contributed by atoms with van der Waals surface area (Å²) in [6.45, 7) is 8.06. The lowest BCUT2D eigenvalue weighted by atomic mass is 10.3. The van der Waals surface area contributed by atoms with Gasteiger partial charge in [-0.25, -0.2) is 0 Å². The normalized spacial score (nSPS) is 10.0. The molecule has 0 spiro atoms. The Morgan fingerprint density at radius 3 is 2.73 bits per heavy atom. The van der Waals surface area contributed by atoms with Crippen molar-refractivity contribution in [2.24, 2.45) is 5.73 Å². The summed E-state index contributed by atoms with van der Waals surface area (Å²) in [7, 11) is 0. The smallest absolute Gasteiger partial charge is 0.151 e. The highest BCUT2D eigenvalue weighted by Gasteiger charge is 2.05.